The van der Waals surface area contributed by atoms with Gasteiger partial charge in [0.2, 0.25) is 17.5 Å². The van der Waals surface area contributed by atoms with Crippen molar-refractivity contribution in [3.63, 3.8) is 0 Å². The molecule has 6 rings (SSSR count). The van der Waals surface area contributed by atoms with E-state index in [-0.39, 0.29) is 75.4 Å². The Kier molecular flexibility index (Phi) is 15.3. The minimum absolute atomic E-state index is 0.0684. The molecule has 3 heterocycles. The smallest absolute Gasteiger partial charge is 0.255 e. The predicted molar refractivity (Wildman–Crippen MR) is 211 cm³/mol. The number of benzene rings is 3. The van der Waals surface area contributed by atoms with Gasteiger partial charge in [0.15, 0.2) is 5.84 Å². The number of nitrogens with one attached hydrogen (secondary N) is 2. The van der Waals surface area contributed by atoms with Crippen LogP contribution in [0, 0.1) is 22.9 Å². The molecule has 58 heavy (non-hydrogen) atoms. The molecule has 3 aromatic carbocycles. The van der Waals surface area contributed by atoms with Gasteiger partial charge in [-0.15, -0.1) is 6.58 Å². The minimum Gasteiger partial charge on any atom is -0.497 e. The van der Waals surface area contributed by atoms with Crippen molar-refractivity contribution in [2.75, 3.05) is 34.0 Å². The number of halogens is 4. The van der Waals surface area contributed by atoms with E-state index >= 15 is 8.78 Å². The summed E-state index contributed by atoms with van der Waals surface area (Å²) in [7, 11) is 3.22. The third-order valence-electron chi connectivity index (χ3n) is 8.69. The number of methoxy groups -OCH3 is 2. The highest BCUT2D eigenvalue weighted by Crippen LogP contribution is 2.31. The summed E-state index contributed by atoms with van der Waals surface area (Å²) in [5.74, 6) is -1.64. The lowest BCUT2D eigenvalue weighted by atomic mass is 9.88. The molecule has 0 aliphatic carbocycles. The largest absolute Gasteiger partial charge is 0.497 e. The van der Waals surface area contributed by atoms with Gasteiger partial charge in [-0.05, 0) is 53.2 Å². The molecule has 306 valence electrons. The fraction of sp³-hybridized carbons (Fsp3) is 0.286. The lowest BCUT2D eigenvalue weighted by Gasteiger charge is -2.22. The molecular weight excluding hydrogens is 779 g/mol. The Morgan fingerprint density at radius 1 is 0.948 bits per heavy atom. The van der Waals surface area contributed by atoms with Crippen molar-refractivity contribution >= 4 is 23.3 Å². The fourth-order valence-corrected chi connectivity index (χ4v) is 5.58. The quantitative estimate of drug-likeness (QED) is 0.0494. The minimum atomic E-state index is -0.833. The summed E-state index contributed by atoms with van der Waals surface area (Å²) >= 11 is 5.80. The molecule has 1 fully saturated rings. The first kappa shape index (κ1) is 43.2. The van der Waals surface area contributed by atoms with Crippen LogP contribution >= 0.6 is 11.6 Å². The van der Waals surface area contributed by atoms with Crippen LogP contribution in [-0.4, -0.2) is 62.0 Å². The van der Waals surface area contributed by atoms with Crippen LogP contribution < -0.4 is 25.1 Å². The number of hydrogen-bond donors (Lipinski definition) is 2. The molecule has 1 unspecified atom stereocenters. The van der Waals surface area contributed by atoms with Crippen LogP contribution in [0.15, 0.2) is 101 Å². The molecular formula is C42H43ClF3N5O7. The van der Waals surface area contributed by atoms with Crippen LogP contribution in [-0.2, 0) is 33.9 Å². The van der Waals surface area contributed by atoms with Gasteiger partial charge in [0, 0.05) is 40.3 Å². The summed E-state index contributed by atoms with van der Waals surface area (Å²) in [6, 6.07) is 19.1. The number of ether oxygens (including phenoxy) is 5. The van der Waals surface area contributed by atoms with E-state index in [1.807, 2.05) is 38.1 Å². The number of carbonyl (C=O) groups is 1. The monoisotopic (exact) mass is 821 g/mol. The first-order valence-electron chi connectivity index (χ1n) is 17.9. The number of amidine groups is 1. The Hall–Kier alpha value is -5.90. The number of aliphatic imine (C=N–C) groups is 1. The maximum absolute atomic E-state index is 15.4. The maximum Gasteiger partial charge on any atom is 0.255 e. The highest BCUT2D eigenvalue weighted by Gasteiger charge is 2.36. The number of rotatable bonds is 14. The average Bonchev–Trinajstić information content (AvgIpc) is 3.82. The van der Waals surface area contributed by atoms with Gasteiger partial charge in [-0.25, -0.2) is 18.2 Å². The van der Waals surface area contributed by atoms with Gasteiger partial charge in [-0.3, -0.25) is 20.6 Å². The van der Waals surface area contributed by atoms with Gasteiger partial charge < -0.3 is 28.2 Å². The van der Waals surface area contributed by atoms with Gasteiger partial charge in [-0.1, -0.05) is 55.8 Å². The van der Waals surface area contributed by atoms with Crippen LogP contribution in [0.2, 0.25) is 5.02 Å². The van der Waals surface area contributed by atoms with Gasteiger partial charge in [0.1, 0.15) is 36.4 Å². The van der Waals surface area contributed by atoms with E-state index in [1.165, 1.54) is 30.3 Å². The van der Waals surface area contributed by atoms with Crippen LogP contribution in [0.4, 0.5) is 13.2 Å². The van der Waals surface area contributed by atoms with E-state index in [1.54, 1.807) is 26.4 Å². The lowest BCUT2D eigenvalue weighted by molar-refractivity contribution is -0.121. The molecule has 1 aliphatic rings. The SMILES string of the molecule is C=CCOC.COc1ccc(COc2cc(C(=NC3COCC3(C)C)NNC(=O)Cc3cc(F)c(-c4cccc(OCc5ccc(Cl)cc5F)n4)cc3F)on2)cc1. The van der Waals surface area contributed by atoms with Crippen molar-refractivity contribution in [1.82, 2.24) is 21.0 Å². The van der Waals surface area contributed by atoms with Gasteiger partial charge in [0.25, 0.3) is 5.88 Å². The number of hydrazine groups is 1. The van der Waals surface area contributed by atoms with Crippen LogP contribution in [0.3, 0.4) is 0 Å². The van der Waals surface area contributed by atoms with E-state index in [9.17, 15) is 9.18 Å². The standard InChI is InChI=1S/C38H35ClF3N5O6.C4H8O/c1-38(2)21-50-20-33(38)44-37(32-17-36(47-53-32)51-18-22-7-11-26(49-3)12-8-22)46-45-34(48)14-24-13-30(42)27(16-29(24)41)31-5-4-6-35(43-31)52-19-23-9-10-25(39)15-28(23)40;1-3-4-5-2/h4-13,15-17,33H,14,18-21H2,1-3H3,(H,44,46)(H,45,48);3H,1,4H2,2H3. The van der Waals surface area contributed by atoms with E-state index in [0.29, 0.717) is 25.6 Å². The Balaban J connectivity index is 0.00000121. The van der Waals surface area contributed by atoms with Crippen molar-refractivity contribution in [3.05, 3.63) is 136 Å². The van der Waals surface area contributed by atoms with E-state index in [2.05, 4.69) is 32.3 Å². The Bertz CT molecular complexity index is 2200. The highest BCUT2D eigenvalue weighted by molar-refractivity contribution is 6.30. The summed E-state index contributed by atoms with van der Waals surface area (Å²) in [6.45, 7) is 8.93. The molecule has 12 nitrogen and oxygen atoms in total. The molecule has 0 radical (unpaired) electrons. The molecule has 0 bridgehead atoms. The van der Waals surface area contributed by atoms with E-state index < -0.39 is 29.8 Å². The Morgan fingerprint density at radius 3 is 2.38 bits per heavy atom. The van der Waals surface area contributed by atoms with Gasteiger partial charge >= 0.3 is 0 Å². The summed E-state index contributed by atoms with van der Waals surface area (Å²) in [4.78, 5) is 22.0. The second-order valence-corrected chi connectivity index (χ2v) is 14.0. The second-order valence-electron chi connectivity index (χ2n) is 13.6. The number of amides is 1. The number of aromatic nitrogens is 2. The molecule has 1 atom stereocenters. The Morgan fingerprint density at radius 2 is 1.71 bits per heavy atom. The van der Waals surface area contributed by atoms with Crippen molar-refractivity contribution in [3.8, 4) is 28.8 Å². The third-order valence-corrected chi connectivity index (χ3v) is 8.92. The first-order valence-corrected chi connectivity index (χ1v) is 18.3. The van der Waals surface area contributed by atoms with E-state index in [4.69, 9.17) is 40.1 Å². The number of pyridine rings is 1. The fourth-order valence-electron chi connectivity index (χ4n) is 5.42. The summed E-state index contributed by atoms with van der Waals surface area (Å²) < 4.78 is 77.1. The molecule has 2 N–H and O–H groups in total. The summed E-state index contributed by atoms with van der Waals surface area (Å²) in [5.41, 5.74) is 5.76. The van der Waals surface area contributed by atoms with Crippen LogP contribution in [0.1, 0.15) is 36.3 Å². The molecule has 1 amide bonds. The van der Waals surface area contributed by atoms with Crippen LogP contribution in [0.25, 0.3) is 11.3 Å². The third kappa shape index (κ3) is 12.1. The highest BCUT2D eigenvalue weighted by atomic mass is 35.5. The van der Waals surface area contributed by atoms with Crippen LogP contribution in [0.5, 0.6) is 17.5 Å². The first-order chi connectivity index (χ1) is 27.9. The topological polar surface area (TPSA) is 139 Å². The van der Waals surface area contributed by atoms with Gasteiger partial charge in [-0.2, -0.15) is 0 Å². The Labute approximate surface area is 338 Å². The molecule has 2 aromatic heterocycles. The molecule has 0 saturated carbocycles. The molecule has 1 saturated heterocycles. The number of nitrogens with zero attached hydrogens (tertiary/aromatic N) is 3. The van der Waals surface area contributed by atoms with E-state index in [0.717, 1.165) is 23.8 Å². The molecule has 0 spiro atoms. The zero-order chi connectivity index (χ0) is 41.7. The summed E-state index contributed by atoms with van der Waals surface area (Å²) in [6.07, 6.45) is 1.19. The zero-order valence-electron chi connectivity index (χ0n) is 32.3. The second kappa shape index (κ2) is 20.5. The molecule has 16 heteroatoms. The summed E-state index contributed by atoms with van der Waals surface area (Å²) in [5, 5.41) is 4.21. The van der Waals surface area contributed by atoms with Crippen molar-refractivity contribution in [2.24, 2.45) is 10.4 Å². The van der Waals surface area contributed by atoms with Crippen molar-refractivity contribution < 1.29 is 46.2 Å². The van der Waals surface area contributed by atoms with Crippen molar-refractivity contribution in [1.29, 1.82) is 0 Å². The predicted octanol–water partition coefficient (Wildman–Crippen LogP) is 7.83. The number of hydrogen-bond acceptors (Lipinski definition) is 10. The number of carbonyl (C=O) groups excluding carboxylic acids is 1. The molecule has 1 aliphatic heterocycles. The molecule has 5 aromatic rings. The normalized spacial score (nSPS) is 14.6. The van der Waals surface area contributed by atoms with Crippen molar-refractivity contribution in [2.45, 2.75) is 39.5 Å². The lowest BCUT2D eigenvalue weighted by Crippen LogP contribution is -2.44. The average molecular weight is 822 g/mol. The zero-order valence-corrected chi connectivity index (χ0v) is 33.1. The van der Waals surface area contributed by atoms with Gasteiger partial charge in [0.05, 0.1) is 51.2 Å². The maximum atomic E-state index is 15.4.